The number of nitrogens with zero attached hydrogens (tertiary/aromatic N) is 4. The van der Waals surface area contributed by atoms with Crippen molar-refractivity contribution < 1.29 is 6.17 Å². The Bertz CT molecular complexity index is 742. The number of imidazole rings is 1. The third-order valence-electron chi connectivity index (χ3n) is 2.13. The molecule has 0 fully saturated rings. The van der Waals surface area contributed by atoms with E-state index in [1.165, 1.54) is 24.9 Å². The number of nitrogens with one attached hydrogen (secondary N) is 1. The summed E-state index contributed by atoms with van der Waals surface area (Å²) in [7, 11) is 0. The molecule has 0 spiro atoms. The van der Waals surface area contributed by atoms with E-state index in [4.69, 9.17) is 12.8 Å². The van der Waals surface area contributed by atoms with E-state index in [0.29, 0.717) is 17.0 Å². The number of anilines is 1. The van der Waals surface area contributed by atoms with Crippen LogP contribution in [0.3, 0.4) is 0 Å². The van der Waals surface area contributed by atoms with Crippen molar-refractivity contribution in [2.45, 2.75) is 0 Å². The molecule has 3 aromatic rings. The summed E-state index contributed by atoms with van der Waals surface area (Å²) in [5.41, 5.74) is 11.8. The van der Waals surface area contributed by atoms with Gasteiger partial charge in [-0.25, -0.2) is 15.0 Å². The Balaban J connectivity index is 0.000000147. The molecule has 8 nitrogen and oxygen atoms in total. The van der Waals surface area contributed by atoms with E-state index in [-0.39, 0.29) is 11.7 Å². The molecule has 19 heavy (non-hydrogen) atoms. The second-order valence-corrected chi connectivity index (χ2v) is 3.39. The van der Waals surface area contributed by atoms with Crippen molar-refractivity contribution in [1.82, 2.24) is 24.9 Å². The first-order valence-corrected chi connectivity index (χ1v) is 5.20. The molecule has 5 N–H and O–H groups in total. The largest absolute Gasteiger partial charge is 0.382 e. The topological polar surface area (TPSA) is 136 Å². The van der Waals surface area contributed by atoms with Gasteiger partial charge in [-0.15, -0.1) is 0 Å². The lowest BCUT2D eigenvalue weighted by molar-refractivity contribution is 0.1000. The number of nitrogens with two attached hydrogens (primary N) is 2. The molecule has 0 aliphatic rings. The molecule has 0 bridgehead atoms. The van der Waals surface area contributed by atoms with E-state index in [1.807, 2.05) is 0 Å². The molecule has 0 unspecified atom stereocenters. The van der Waals surface area contributed by atoms with Crippen LogP contribution in [0, 0.1) is 0 Å². The molecule has 0 radical (unpaired) electrons. The summed E-state index contributed by atoms with van der Waals surface area (Å²) >= 11 is 0. The fraction of sp³-hybridized carbons (Fsp3) is 0. The fourth-order valence-electron chi connectivity index (χ4n) is 1.25. The molecule has 0 atom stereocenters. The van der Waals surface area contributed by atoms with Crippen molar-refractivity contribution in [1.29, 1.82) is 0 Å². The van der Waals surface area contributed by atoms with Crippen LogP contribution < -0.4 is 11.5 Å². The lowest BCUT2D eigenvalue weighted by Crippen LogP contribution is -2.10. The number of rotatable bonds is 1. The molecule has 0 saturated heterocycles. The summed E-state index contributed by atoms with van der Waals surface area (Å²) in [6.45, 7) is 0. The smallest absolute Gasteiger partial charge is 0.250 e. The van der Waals surface area contributed by atoms with Crippen LogP contribution in [0.25, 0.3) is 11.2 Å². The molecule has 0 saturated carbocycles. The molecule has 3 rings (SSSR count). The zero-order chi connectivity index (χ0) is 14.5. The average molecular weight is 258 g/mol. The summed E-state index contributed by atoms with van der Waals surface area (Å²) in [5.74, 6) is -0.180. The number of hydrogen-bond acceptors (Lipinski definition) is 6. The van der Waals surface area contributed by atoms with E-state index in [1.54, 1.807) is 6.07 Å². The Morgan fingerprint density at radius 1 is 1.37 bits per heavy atom. The molecule has 3 heterocycles. The van der Waals surface area contributed by atoms with Gasteiger partial charge in [0.1, 0.15) is 11.8 Å². The Morgan fingerprint density at radius 3 is 2.84 bits per heavy atom. The van der Waals surface area contributed by atoms with Gasteiger partial charge in [-0.3, -0.25) is 9.78 Å². The Morgan fingerprint density at radius 2 is 2.21 bits per heavy atom. The van der Waals surface area contributed by atoms with Crippen molar-refractivity contribution in [2.75, 3.05) is 5.73 Å². The Hall–Kier alpha value is -3.03. The maximum absolute atomic E-state index is 10.5. The minimum atomic E-state index is -0.613. The highest BCUT2D eigenvalue weighted by atomic mass is 16.1. The van der Waals surface area contributed by atoms with Gasteiger partial charge in [-0.1, -0.05) is 0 Å². The zero-order valence-corrected chi connectivity index (χ0v) is 9.74. The molecule has 0 aromatic carbocycles. The number of amides is 1. The quantitative estimate of drug-likeness (QED) is 0.566. The summed E-state index contributed by atoms with van der Waals surface area (Å²) < 4.78 is 7.09. The molecular formula is C11H11N7O. The Kier molecular flexibility index (Phi) is 3.23. The van der Waals surface area contributed by atoms with Crippen LogP contribution in [0.1, 0.15) is 11.7 Å². The van der Waals surface area contributed by atoms with Crippen molar-refractivity contribution in [3.8, 4) is 0 Å². The summed E-state index contributed by atoms with van der Waals surface area (Å²) in [6, 6.07) is 3.04. The third-order valence-corrected chi connectivity index (χ3v) is 2.13. The van der Waals surface area contributed by atoms with Crippen LogP contribution in [0.5, 0.6) is 0 Å². The lowest BCUT2D eigenvalue weighted by atomic mass is 10.3. The zero-order valence-electron chi connectivity index (χ0n) is 10.7. The number of aromatic nitrogens is 5. The molecular weight excluding hydrogens is 246 g/mol. The van der Waals surface area contributed by atoms with Crippen LogP contribution in [0.4, 0.5) is 5.82 Å². The number of carbonyl (C=O) groups excluding carboxylic acids is 1. The molecule has 0 aliphatic heterocycles. The van der Waals surface area contributed by atoms with Crippen molar-refractivity contribution >= 4 is 22.9 Å². The summed E-state index contributed by atoms with van der Waals surface area (Å²) in [6.07, 6.45) is 4.29. The molecule has 1 amide bonds. The highest BCUT2D eigenvalue weighted by molar-refractivity contribution is 5.92. The van der Waals surface area contributed by atoms with Gasteiger partial charge in [0, 0.05) is 12.4 Å². The monoisotopic (exact) mass is 258 g/mol. The number of primary amides is 1. The van der Waals surface area contributed by atoms with Crippen molar-refractivity contribution in [3.63, 3.8) is 0 Å². The summed E-state index contributed by atoms with van der Waals surface area (Å²) in [5, 5.41) is 0. The van der Waals surface area contributed by atoms with Crippen molar-refractivity contribution in [2.24, 2.45) is 5.73 Å². The number of H-pyrrole nitrogens is 1. The second kappa shape index (κ2) is 5.54. The fourth-order valence-corrected chi connectivity index (χ4v) is 1.25. The van der Waals surface area contributed by atoms with Crippen LogP contribution in [-0.4, -0.2) is 30.8 Å². The first kappa shape index (κ1) is 11.1. The predicted octanol–water partition coefficient (Wildman–Crippen LogP) is 0.116. The van der Waals surface area contributed by atoms with E-state index < -0.39 is 5.91 Å². The molecule has 0 aliphatic carbocycles. The van der Waals surface area contributed by atoms with Gasteiger partial charge >= 0.3 is 0 Å². The first-order chi connectivity index (χ1) is 9.59. The van der Waals surface area contributed by atoms with E-state index in [0.717, 1.165) is 0 Å². The van der Waals surface area contributed by atoms with Crippen molar-refractivity contribution in [3.05, 3.63) is 42.7 Å². The Labute approximate surface area is 109 Å². The number of hydrogen-bond donors (Lipinski definition) is 3. The normalized spacial score (nSPS) is 10.4. The molecule has 8 heteroatoms. The van der Waals surface area contributed by atoms with Gasteiger partial charge in [0.05, 0.1) is 13.3 Å². The number of aromatic amines is 1. The van der Waals surface area contributed by atoms with Gasteiger partial charge in [0.25, 0.3) is 0 Å². The van der Waals surface area contributed by atoms with Crippen LogP contribution in [0.15, 0.2) is 37.2 Å². The van der Waals surface area contributed by atoms with Gasteiger partial charge in [0.2, 0.25) is 5.91 Å². The van der Waals surface area contributed by atoms with E-state index >= 15 is 0 Å². The van der Waals surface area contributed by atoms with Gasteiger partial charge in [-0.05, 0) is 12.1 Å². The maximum atomic E-state index is 10.5. The highest BCUT2D eigenvalue weighted by Gasteiger charge is 1.99. The maximum Gasteiger partial charge on any atom is 0.250 e. The van der Waals surface area contributed by atoms with Gasteiger partial charge in [-0.2, -0.15) is 0 Å². The minimum Gasteiger partial charge on any atom is -0.382 e. The second-order valence-electron chi connectivity index (χ2n) is 3.39. The van der Waals surface area contributed by atoms with Gasteiger partial charge < -0.3 is 16.5 Å². The highest BCUT2D eigenvalue weighted by Crippen LogP contribution is 2.09. The van der Waals surface area contributed by atoms with E-state index in [9.17, 15) is 4.79 Å². The van der Waals surface area contributed by atoms with Crippen LogP contribution >= 0.6 is 0 Å². The summed E-state index contributed by atoms with van der Waals surface area (Å²) in [4.78, 5) is 28.4. The third kappa shape index (κ3) is 3.00. The average Bonchev–Trinajstić information content (AvgIpc) is 2.89. The lowest BCUT2D eigenvalue weighted by Gasteiger charge is -1.89. The van der Waals surface area contributed by atoms with Gasteiger partial charge in [0.15, 0.2) is 11.5 Å². The number of carbonyl (C=O) groups is 1. The number of nitrogen functional groups attached to an aromatic ring is 1. The molecule has 3 aromatic heterocycles. The van der Waals surface area contributed by atoms with E-state index in [2.05, 4.69) is 24.9 Å². The SMILES string of the molecule is Nc1ncnc2nc[nH]c12.[2H]c1ncccc1C(N)=O. The van der Waals surface area contributed by atoms with Crippen LogP contribution in [-0.2, 0) is 0 Å². The predicted molar refractivity (Wildman–Crippen MR) is 68.9 cm³/mol. The number of fused-ring (bicyclic) bond motifs is 1. The minimum absolute atomic E-state index is 0.0741. The van der Waals surface area contributed by atoms with Crippen LogP contribution in [0.2, 0.25) is 0 Å². The number of pyridine rings is 1. The first-order valence-electron chi connectivity index (χ1n) is 5.70. The molecule has 96 valence electrons. The standard InChI is InChI=1S/C6H6N2O.C5H5N5/c7-6(9)5-2-1-3-8-4-5;6-4-3-5(9-1-7-3)10-2-8-4/h1-4H,(H2,7,9);1-2H,(H3,6,7,8,9,10)/i4D;.